The zero-order chi connectivity index (χ0) is 22.7. The second-order valence-corrected chi connectivity index (χ2v) is 11.2. The van der Waals surface area contributed by atoms with E-state index in [1.165, 1.54) is 17.5 Å². The van der Waals surface area contributed by atoms with Gasteiger partial charge in [0.15, 0.2) is 0 Å². The highest BCUT2D eigenvalue weighted by atomic mass is 32.2. The Bertz CT molecular complexity index is 1190. The third kappa shape index (κ3) is 5.19. The molecule has 1 aromatic carbocycles. The monoisotopic (exact) mass is 490 g/mol. The molecule has 0 atom stereocenters. The highest BCUT2D eigenvalue weighted by molar-refractivity contribution is 7.98. The number of aryl methyl sites for hydroxylation is 1. The van der Waals surface area contributed by atoms with E-state index in [4.69, 9.17) is 0 Å². The number of nitrogens with zero attached hydrogens (tertiary/aromatic N) is 3. The van der Waals surface area contributed by atoms with Crippen LogP contribution in [0.15, 0.2) is 51.7 Å². The Hall–Kier alpha value is -2.30. The molecule has 1 amide bonds. The first kappa shape index (κ1) is 22.9. The minimum Gasteiger partial charge on any atom is -0.341 e. The molecule has 10 heteroatoms. The van der Waals surface area contributed by atoms with Crippen LogP contribution in [0.1, 0.15) is 25.0 Å². The number of hydrogen-bond donors (Lipinski definition) is 1. The SMILES string of the molecule is CSc1ccc(NS(=O)(=O)c2cc(-c3nc(C)cs3)n(CC(=O)N3CCCCC3)c2)cc1. The summed E-state index contributed by atoms with van der Waals surface area (Å²) in [6, 6.07) is 8.82. The van der Waals surface area contributed by atoms with Crippen molar-refractivity contribution in [3.05, 3.63) is 47.6 Å². The van der Waals surface area contributed by atoms with Gasteiger partial charge in [0.2, 0.25) is 5.91 Å². The van der Waals surface area contributed by atoms with Crippen molar-refractivity contribution in [3.8, 4) is 10.7 Å². The van der Waals surface area contributed by atoms with Gasteiger partial charge in [0.05, 0.1) is 5.69 Å². The topological polar surface area (TPSA) is 84.3 Å². The second kappa shape index (κ2) is 9.68. The normalized spacial score (nSPS) is 14.5. The first-order valence-corrected chi connectivity index (χ1v) is 14.0. The van der Waals surface area contributed by atoms with Crippen LogP contribution in [0, 0.1) is 6.92 Å². The van der Waals surface area contributed by atoms with Crippen LogP contribution in [0.4, 0.5) is 5.69 Å². The van der Waals surface area contributed by atoms with E-state index >= 15 is 0 Å². The first-order valence-electron chi connectivity index (χ1n) is 10.4. The number of piperidine rings is 1. The van der Waals surface area contributed by atoms with Gasteiger partial charge in [0.1, 0.15) is 16.4 Å². The third-order valence-corrected chi connectivity index (χ3v) is 8.45. The minimum absolute atomic E-state index is 0.000565. The lowest BCUT2D eigenvalue weighted by molar-refractivity contribution is -0.132. The molecule has 4 rings (SSSR count). The lowest BCUT2D eigenvalue weighted by Crippen LogP contribution is -2.37. The molecule has 1 aliphatic rings. The summed E-state index contributed by atoms with van der Waals surface area (Å²) in [5.41, 5.74) is 1.98. The van der Waals surface area contributed by atoms with Crippen molar-refractivity contribution < 1.29 is 13.2 Å². The van der Waals surface area contributed by atoms with Gasteiger partial charge in [0, 0.05) is 40.9 Å². The maximum atomic E-state index is 13.1. The van der Waals surface area contributed by atoms with Gasteiger partial charge < -0.3 is 9.47 Å². The van der Waals surface area contributed by atoms with Gasteiger partial charge in [-0.2, -0.15) is 0 Å². The molecule has 0 radical (unpaired) electrons. The lowest BCUT2D eigenvalue weighted by atomic mass is 10.1. The fourth-order valence-electron chi connectivity index (χ4n) is 3.67. The molecule has 0 unspecified atom stereocenters. The third-order valence-electron chi connectivity index (χ3n) is 5.38. The van der Waals surface area contributed by atoms with E-state index < -0.39 is 10.0 Å². The van der Waals surface area contributed by atoms with Gasteiger partial charge in [-0.1, -0.05) is 0 Å². The summed E-state index contributed by atoms with van der Waals surface area (Å²) in [6.45, 7) is 3.49. The van der Waals surface area contributed by atoms with Crippen molar-refractivity contribution in [2.45, 2.75) is 42.5 Å². The molecule has 170 valence electrons. The van der Waals surface area contributed by atoms with E-state index in [2.05, 4.69) is 9.71 Å². The van der Waals surface area contributed by atoms with Crippen LogP contribution >= 0.6 is 23.1 Å². The predicted molar refractivity (Wildman–Crippen MR) is 130 cm³/mol. The Morgan fingerprint density at radius 3 is 2.53 bits per heavy atom. The number of sulfonamides is 1. The number of thiazole rings is 1. The number of aromatic nitrogens is 2. The molecule has 0 spiro atoms. The number of anilines is 1. The maximum Gasteiger partial charge on any atom is 0.263 e. The number of carbonyl (C=O) groups is 1. The molecule has 3 heterocycles. The number of thioether (sulfide) groups is 1. The van der Waals surface area contributed by atoms with E-state index in [-0.39, 0.29) is 17.3 Å². The van der Waals surface area contributed by atoms with Gasteiger partial charge in [-0.05, 0) is 62.8 Å². The van der Waals surface area contributed by atoms with Crippen molar-refractivity contribution in [2.24, 2.45) is 0 Å². The number of amides is 1. The molecule has 1 fully saturated rings. The molecule has 3 aromatic rings. The van der Waals surface area contributed by atoms with E-state index in [9.17, 15) is 13.2 Å². The quantitative estimate of drug-likeness (QED) is 0.495. The van der Waals surface area contributed by atoms with Crippen molar-refractivity contribution in [2.75, 3.05) is 24.1 Å². The van der Waals surface area contributed by atoms with Crippen LogP contribution in [0.25, 0.3) is 10.7 Å². The molecule has 2 aromatic heterocycles. The Morgan fingerprint density at radius 2 is 1.91 bits per heavy atom. The Kier molecular flexibility index (Phi) is 6.92. The summed E-state index contributed by atoms with van der Waals surface area (Å²) in [6.07, 6.45) is 6.66. The molecule has 1 N–H and O–H groups in total. The lowest BCUT2D eigenvalue weighted by Gasteiger charge is -2.27. The summed E-state index contributed by atoms with van der Waals surface area (Å²) in [5, 5.41) is 2.61. The fourth-order valence-corrected chi connectivity index (χ4v) is 6.01. The van der Waals surface area contributed by atoms with E-state index in [1.54, 1.807) is 34.5 Å². The van der Waals surface area contributed by atoms with Crippen molar-refractivity contribution >= 4 is 44.7 Å². The van der Waals surface area contributed by atoms with Gasteiger partial charge in [-0.25, -0.2) is 13.4 Å². The van der Waals surface area contributed by atoms with Crippen LogP contribution < -0.4 is 4.72 Å². The summed E-state index contributed by atoms with van der Waals surface area (Å²) in [4.78, 5) is 20.4. The van der Waals surface area contributed by atoms with Crippen LogP contribution in [0.3, 0.4) is 0 Å². The van der Waals surface area contributed by atoms with Crippen LogP contribution in [-0.2, 0) is 21.4 Å². The number of likely N-dealkylation sites (tertiary alicyclic amines) is 1. The summed E-state index contributed by atoms with van der Waals surface area (Å²) in [5.74, 6) is -0.000565. The molecule has 0 saturated carbocycles. The zero-order valence-electron chi connectivity index (χ0n) is 18.1. The number of carbonyl (C=O) groups excluding carboxylic acids is 1. The van der Waals surface area contributed by atoms with Gasteiger partial charge in [0.25, 0.3) is 10.0 Å². The molecule has 1 saturated heterocycles. The molecule has 1 aliphatic heterocycles. The summed E-state index contributed by atoms with van der Waals surface area (Å²) < 4.78 is 30.6. The number of hydrogen-bond acceptors (Lipinski definition) is 6. The molecule has 0 aliphatic carbocycles. The van der Waals surface area contributed by atoms with Crippen molar-refractivity contribution in [1.82, 2.24) is 14.5 Å². The number of rotatable bonds is 7. The number of benzene rings is 1. The minimum atomic E-state index is -3.82. The summed E-state index contributed by atoms with van der Waals surface area (Å²) in [7, 11) is -3.82. The molecule has 7 nitrogen and oxygen atoms in total. The van der Waals surface area contributed by atoms with E-state index in [1.807, 2.05) is 35.6 Å². The van der Waals surface area contributed by atoms with Gasteiger partial charge >= 0.3 is 0 Å². The first-order chi connectivity index (χ1) is 15.4. The molecule has 0 bridgehead atoms. The van der Waals surface area contributed by atoms with Crippen LogP contribution in [0.2, 0.25) is 0 Å². The van der Waals surface area contributed by atoms with Crippen molar-refractivity contribution in [1.29, 1.82) is 0 Å². The smallest absolute Gasteiger partial charge is 0.263 e. The highest BCUT2D eigenvalue weighted by Crippen LogP contribution is 2.29. The van der Waals surface area contributed by atoms with Gasteiger partial charge in [-0.15, -0.1) is 23.1 Å². The van der Waals surface area contributed by atoms with Crippen molar-refractivity contribution in [3.63, 3.8) is 0 Å². The largest absolute Gasteiger partial charge is 0.341 e. The molecular formula is C22H26N4O3S3. The van der Waals surface area contributed by atoms with Crippen LogP contribution in [0.5, 0.6) is 0 Å². The van der Waals surface area contributed by atoms with E-state index in [0.717, 1.165) is 42.9 Å². The maximum absolute atomic E-state index is 13.1. The molecular weight excluding hydrogens is 464 g/mol. The second-order valence-electron chi connectivity index (χ2n) is 7.76. The van der Waals surface area contributed by atoms with Crippen LogP contribution in [-0.4, -0.2) is 48.1 Å². The zero-order valence-corrected chi connectivity index (χ0v) is 20.5. The molecule has 32 heavy (non-hydrogen) atoms. The summed E-state index contributed by atoms with van der Waals surface area (Å²) >= 11 is 3.03. The Morgan fingerprint density at radius 1 is 1.19 bits per heavy atom. The highest BCUT2D eigenvalue weighted by Gasteiger charge is 2.24. The average molecular weight is 491 g/mol. The predicted octanol–water partition coefficient (Wildman–Crippen LogP) is 4.46. The average Bonchev–Trinajstić information content (AvgIpc) is 3.41. The fraction of sp³-hybridized carbons (Fsp3) is 0.364. The van der Waals surface area contributed by atoms with Gasteiger partial charge in [-0.3, -0.25) is 9.52 Å². The number of nitrogens with one attached hydrogen (secondary N) is 1. The Balaban J connectivity index is 1.63. The standard InChI is InChI=1S/C22H26N4O3S3/c1-16-15-31-22(23-16)20-12-19(13-26(20)14-21(27)25-10-4-3-5-11-25)32(28,29)24-17-6-8-18(30-2)9-7-17/h6-9,12-13,15,24H,3-5,10-11,14H2,1-2H3. The Labute approximate surface area is 196 Å². The van der Waals surface area contributed by atoms with E-state index in [0.29, 0.717) is 16.4 Å².